The van der Waals surface area contributed by atoms with Crippen LogP contribution >= 0.6 is 27.5 Å². The molecule has 22 heavy (non-hydrogen) atoms. The third-order valence-corrected chi connectivity index (χ3v) is 4.03. The Labute approximate surface area is 141 Å². The quantitative estimate of drug-likeness (QED) is 0.743. The molecule has 2 aromatic carbocycles. The summed E-state index contributed by atoms with van der Waals surface area (Å²) in [6.07, 6.45) is 0.215. The molecule has 118 valence electrons. The Bertz CT molecular complexity index is 651. The van der Waals surface area contributed by atoms with E-state index in [1.54, 1.807) is 30.3 Å². The van der Waals surface area contributed by atoms with E-state index in [2.05, 4.69) is 15.9 Å². The second kappa shape index (κ2) is 7.81. The number of ether oxygens (including phenoxy) is 1. The van der Waals surface area contributed by atoms with Crippen LogP contribution in [0.15, 0.2) is 40.9 Å². The number of rotatable bonds is 6. The minimum atomic E-state index is -0.635. The maximum absolute atomic E-state index is 14.1. The Morgan fingerprint density at radius 3 is 2.73 bits per heavy atom. The second-order valence-corrected chi connectivity index (χ2v) is 6.02. The molecule has 0 heterocycles. The predicted octanol–water partition coefficient (Wildman–Crippen LogP) is 4.84. The highest BCUT2D eigenvalue weighted by atomic mass is 79.9. The maximum atomic E-state index is 14.1. The van der Waals surface area contributed by atoms with Crippen molar-refractivity contribution in [3.63, 3.8) is 0 Å². The first-order chi connectivity index (χ1) is 10.5. The number of aliphatic hydroxyl groups excluding tert-OH is 1. The van der Waals surface area contributed by atoms with Gasteiger partial charge in [-0.1, -0.05) is 23.7 Å². The Hall–Kier alpha value is -1.30. The lowest BCUT2D eigenvalue weighted by molar-refractivity contribution is 0.166. The molecule has 0 aromatic heterocycles. The molecule has 0 saturated carbocycles. The summed E-state index contributed by atoms with van der Waals surface area (Å²) in [7, 11) is 0. The highest BCUT2D eigenvalue weighted by Crippen LogP contribution is 2.37. The fraction of sp³-hybridized carbons (Fsp3) is 0.250. The molecule has 3 nitrogen and oxygen atoms in total. The first-order valence-corrected chi connectivity index (χ1v) is 7.90. The van der Waals surface area contributed by atoms with Crippen LogP contribution in [0.4, 0.5) is 4.39 Å². The fourth-order valence-electron chi connectivity index (χ4n) is 2.06. The first kappa shape index (κ1) is 17.1. The Balaban J connectivity index is 2.31. The lowest BCUT2D eigenvalue weighted by atomic mass is 10.0. The van der Waals surface area contributed by atoms with E-state index < -0.39 is 11.9 Å². The summed E-state index contributed by atoms with van der Waals surface area (Å²) in [5.41, 5.74) is 0.331. The van der Waals surface area contributed by atoms with Crippen molar-refractivity contribution in [3.05, 3.63) is 57.3 Å². The summed E-state index contributed by atoms with van der Waals surface area (Å²) in [5.74, 6) is -0.289. The summed E-state index contributed by atoms with van der Waals surface area (Å²) in [6, 6.07) is 9.33. The zero-order chi connectivity index (χ0) is 16.1. The molecular weight excluding hydrogens is 375 g/mol. The van der Waals surface area contributed by atoms with Crippen LogP contribution in [0.2, 0.25) is 5.02 Å². The molecule has 0 fully saturated rings. The molecule has 0 radical (unpaired) electrons. The van der Waals surface area contributed by atoms with Crippen molar-refractivity contribution >= 4 is 27.5 Å². The van der Waals surface area contributed by atoms with Crippen LogP contribution in [0.25, 0.3) is 0 Å². The van der Waals surface area contributed by atoms with Crippen LogP contribution in [0.1, 0.15) is 24.5 Å². The van der Waals surface area contributed by atoms with E-state index in [9.17, 15) is 9.50 Å². The summed E-state index contributed by atoms with van der Waals surface area (Å²) in [4.78, 5) is 0. The molecule has 0 aliphatic heterocycles. The van der Waals surface area contributed by atoms with E-state index in [0.29, 0.717) is 27.9 Å². The standard InChI is InChI=1S/C16H15BrClFO3/c17-12-3-1-4-15(16(12)21)22-14(5-2-8-20)11-7-6-10(18)9-13(11)19/h1,3-4,6-7,9,14,20-21H,2,5,8H2. The minimum absolute atomic E-state index is 0.0282. The SMILES string of the molecule is OCCCC(Oc1cccc(Br)c1O)c1ccc(Cl)cc1F. The average molecular weight is 390 g/mol. The predicted molar refractivity (Wildman–Crippen MR) is 86.9 cm³/mol. The first-order valence-electron chi connectivity index (χ1n) is 6.73. The van der Waals surface area contributed by atoms with Gasteiger partial charge in [0.1, 0.15) is 11.9 Å². The fourth-order valence-corrected chi connectivity index (χ4v) is 2.57. The number of benzene rings is 2. The van der Waals surface area contributed by atoms with Crippen LogP contribution in [-0.2, 0) is 0 Å². The van der Waals surface area contributed by atoms with Crippen molar-refractivity contribution in [1.82, 2.24) is 0 Å². The third-order valence-electron chi connectivity index (χ3n) is 3.15. The summed E-state index contributed by atoms with van der Waals surface area (Å²) in [6.45, 7) is -0.0282. The molecule has 6 heteroatoms. The highest BCUT2D eigenvalue weighted by Gasteiger charge is 2.19. The van der Waals surface area contributed by atoms with Gasteiger partial charge in [-0.2, -0.15) is 0 Å². The Kier molecular flexibility index (Phi) is 6.06. The van der Waals surface area contributed by atoms with Gasteiger partial charge in [0.05, 0.1) is 4.47 Å². The van der Waals surface area contributed by atoms with E-state index in [1.807, 2.05) is 0 Å². The van der Waals surface area contributed by atoms with Crippen LogP contribution in [0.3, 0.4) is 0 Å². The van der Waals surface area contributed by atoms with Gasteiger partial charge in [0.15, 0.2) is 11.5 Å². The zero-order valence-electron chi connectivity index (χ0n) is 11.6. The number of para-hydroxylation sites is 1. The normalized spacial score (nSPS) is 12.2. The van der Waals surface area contributed by atoms with Crippen LogP contribution in [0.5, 0.6) is 11.5 Å². The van der Waals surface area contributed by atoms with Crippen molar-refractivity contribution in [1.29, 1.82) is 0 Å². The van der Waals surface area contributed by atoms with Crippen molar-refractivity contribution < 1.29 is 19.3 Å². The summed E-state index contributed by atoms with van der Waals surface area (Å²) >= 11 is 8.97. The number of phenolic OH excluding ortho intramolecular Hbond substituents is 1. The zero-order valence-corrected chi connectivity index (χ0v) is 13.9. The molecule has 0 saturated heterocycles. The van der Waals surface area contributed by atoms with Gasteiger partial charge in [0.25, 0.3) is 0 Å². The number of phenols is 1. The van der Waals surface area contributed by atoms with E-state index in [4.69, 9.17) is 21.4 Å². The van der Waals surface area contributed by atoms with E-state index >= 15 is 0 Å². The van der Waals surface area contributed by atoms with Crippen LogP contribution in [0, 0.1) is 5.82 Å². The molecule has 1 unspecified atom stereocenters. The topological polar surface area (TPSA) is 49.7 Å². The third kappa shape index (κ3) is 4.12. The molecule has 0 spiro atoms. The molecule has 2 aromatic rings. The highest BCUT2D eigenvalue weighted by molar-refractivity contribution is 9.10. The van der Waals surface area contributed by atoms with Gasteiger partial charge < -0.3 is 14.9 Å². The number of halogens is 3. The van der Waals surface area contributed by atoms with Crippen molar-refractivity contribution in [2.24, 2.45) is 0 Å². The molecule has 1 atom stereocenters. The molecule has 2 rings (SSSR count). The monoisotopic (exact) mass is 388 g/mol. The lowest BCUT2D eigenvalue weighted by Crippen LogP contribution is -2.11. The van der Waals surface area contributed by atoms with Gasteiger partial charge in [-0.3, -0.25) is 0 Å². The molecular formula is C16H15BrClFO3. The molecule has 2 N–H and O–H groups in total. The van der Waals surface area contributed by atoms with Crippen molar-refractivity contribution in [2.75, 3.05) is 6.61 Å². The number of aromatic hydroxyl groups is 1. The molecule has 0 aliphatic rings. The minimum Gasteiger partial charge on any atom is -0.503 e. The van der Waals surface area contributed by atoms with Crippen LogP contribution < -0.4 is 4.74 Å². The van der Waals surface area contributed by atoms with Gasteiger partial charge in [0, 0.05) is 17.2 Å². The largest absolute Gasteiger partial charge is 0.503 e. The Morgan fingerprint density at radius 2 is 2.05 bits per heavy atom. The molecule has 0 amide bonds. The lowest BCUT2D eigenvalue weighted by Gasteiger charge is -2.21. The molecule has 0 bridgehead atoms. The smallest absolute Gasteiger partial charge is 0.172 e. The average Bonchev–Trinajstić information content (AvgIpc) is 2.48. The van der Waals surface area contributed by atoms with Gasteiger partial charge >= 0.3 is 0 Å². The van der Waals surface area contributed by atoms with Crippen LogP contribution in [-0.4, -0.2) is 16.8 Å². The molecule has 0 aliphatic carbocycles. The van der Waals surface area contributed by atoms with E-state index in [0.717, 1.165) is 0 Å². The second-order valence-electron chi connectivity index (χ2n) is 4.72. The van der Waals surface area contributed by atoms with E-state index in [1.165, 1.54) is 6.07 Å². The van der Waals surface area contributed by atoms with Gasteiger partial charge in [-0.05, 0) is 53.0 Å². The van der Waals surface area contributed by atoms with Gasteiger partial charge in [-0.15, -0.1) is 0 Å². The Morgan fingerprint density at radius 1 is 1.27 bits per heavy atom. The van der Waals surface area contributed by atoms with Gasteiger partial charge in [0.2, 0.25) is 0 Å². The maximum Gasteiger partial charge on any atom is 0.172 e. The number of aliphatic hydroxyl groups is 1. The number of hydrogen-bond donors (Lipinski definition) is 2. The van der Waals surface area contributed by atoms with Crippen molar-refractivity contribution in [3.8, 4) is 11.5 Å². The van der Waals surface area contributed by atoms with Gasteiger partial charge in [-0.25, -0.2) is 4.39 Å². The number of hydrogen-bond acceptors (Lipinski definition) is 3. The summed E-state index contributed by atoms with van der Waals surface area (Å²) < 4.78 is 20.4. The van der Waals surface area contributed by atoms with E-state index in [-0.39, 0.29) is 18.1 Å². The van der Waals surface area contributed by atoms with Crippen molar-refractivity contribution in [2.45, 2.75) is 18.9 Å². The summed E-state index contributed by atoms with van der Waals surface area (Å²) in [5, 5.41) is 19.3.